The predicted molar refractivity (Wildman–Crippen MR) is 88.5 cm³/mol. The number of carbonyl (C=O) groups excluding carboxylic acids is 1. The van der Waals surface area contributed by atoms with Gasteiger partial charge in [0.25, 0.3) is 0 Å². The van der Waals surface area contributed by atoms with E-state index in [1.807, 2.05) is 12.1 Å². The molecule has 2 aliphatic rings. The molecule has 1 saturated heterocycles. The van der Waals surface area contributed by atoms with Crippen LogP contribution in [0.5, 0.6) is 0 Å². The molecule has 1 heterocycles. The van der Waals surface area contributed by atoms with Crippen LogP contribution in [0.3, 0.4) is 0 Å². The van der Waals surface area contributed by atoms with Gasteiger partial charge in [0.2, 0.25) is 5.91 Å². The summed E-state index contributed by atoms with van der Waals surface area (Å²) in [5, 5.41) is 4.44. The lowest BCUT2D eigenvalue weighted by Gasteiger charge is -2.38. The van der Waals surface area contributed by atoms with Crippen molar-refractivity contribution < 1.29 is 9.53 Å². The molecule has 120 valence electrons. The second-order valence-electron chi connectivity index (χ2n) is 6.55. The number of ether oxygens (including phenoxy) is 1. The Hall–Kier alpha value is -0.770. The number of carbonyl (C=O) groups is 1. The Morgan fingerprint density at radius 2 is 2.05 bits per heavy atom. The second kappa shape index (κ2) is 6.38. The van der Waals surface area contributed by atoms with E-state index in [1.54, 1.807) is 6.07 Å². The fraction of sp³-hybridized carbons (Fsp3) is 0.588. The SMILES string of the molecule is CC1CC1C(=O)NCC1(c2ccc(Cl)cc2Cl)CCOCC1. The zero-order valence-corrected chi connectivity index (χ0v) is 14.2. The highest BCUT2D eigenvalue weighted by Gasteiger charge is 2.41. The van der Waals surface area contributed by atoms with Crippen molar-refractivity contribution in [1.29, 1.82) is 0 Å². The molecule has 0 spiro atoms. The van der Waals surface area contributed by atoms with E-state index in [-0.39, 0.29) is 17.2 Å². The minimum absolute atomic E-state index is 0.159. The highest BCUT2D eigenvalue weighted by Crippen LogP contribution is 2.41. The third-order valence-corrected chi connectivity index (χ3v) is 5.55. The Labute approximate surface area is 141 Å². The zero-order chi connectivity index (χ0) is 15.7. The number of rotatable bonds is 4. The first kappa shape index (κ1) is 16.1. The smallest absolute Gasteiger partial charge is 0.223 e. The van der Waals surface area contributed by atoms with Gasteiger partial charge in [-0.2, -0.15) is 0 Å². The van der Waals surface area contributed by atoms with E-state index in [4.69, 9.17) is 27.9 Å². The molecule has 1 amide bonds. The Balaban J connectivity index is 1.79. The van der Waals surface area contributed by atoms with Crippen LogP contribution in [0.4, 0.5) is 0 Å². The summed E-state index contributed by atoms with van der Waals surface area (Å²) in [5.41, 5.74) is 0.902. The molecule has 3 nitrogen and oxygen atoms in total. The van der Waals surface area contributed by atoms with Gasteiger partial charge in [-0.3, -0.25) is 4.79 Å². The van der Waals surface area contributed by atoms with Gasteiger partial charge in [-0.05, 0) is 42.9 Å². The van der Waals surface area contributed by atoms with Crippen LogP contribution >= 0.6 is 23.2 Å². The highest BCUT2D eigenvalue weighted by molar-refractivity contribution is 6.35. The monoisotopic (exact) mass is 341 g/mol. The van der Waals surface area contributed by atoms with Crippen molar-refractivity contribution in [2.24, 2.45) is 11.8 Å². The molecular formula is C17H21Cl2NO2. The van der Waals surface area contributed by atoms with E-state index in [0.29, 0.717) is 35.7 Å². The Morgan fingerprint density at radius 3 is 2.64 bits per heavy atom. The fourth-order valence-electron chi connectivity index (χ4n) is 3.30. The van der Waals surface area contributed by atoms with E-state index in [2.05, 4.69) is 12.2 Å². The molecule has 1 aromatic rings. The van der Waals surface area contributed by atoms with Crippen LogP contribution in [0.1, 0.15) is 31.7 Å². The molecule has 1 aliphatic carbocycles. The lowest BCUT2D eigenvalue weighted by Crippen LogP contribution is -2.45. The van der Waals surface area contributed by atoms with Gasteiger partial charge in [0.1, 0.15) is 0 Å². The van der Waals surface area contributed by atoms with Gasteiger partial charge in [0.05, 0.1) is 0 Å². The molecule has 1 saturated carbocycles. The molecule has 0 aromatic heterocycles. The molecule has 22 heavy (non-hydrogen) atoms. The summed E-state index contributed by atoms with van der Waals surface area (Å²) in [4.78, 5) is 12.2. The van der Waals surface area contributed by atoms with E-state index in [0.717, 1.165) is 24.8 Å². The van der Waals surface area contributed by atoms with Crippen LogP contribution in [-0.4, -0.2) is 25.7 Å². The van der Waals surface area contributed by atoms with Crippen LogP contribution in [0.2, 0.25) is 10.0 Å². The van der Waals surface area contributed by atoms with Gasteiger partial charge >= 0.3 is 0 Å². The Kier molecular flexibility index (Phi) is 4.67. The second-order valence-corrected chi connectivity index (χ2v) is 7.40. The Morgan fingerprint density at radius 1 is 1.36 bits per heavy atom. The van der Waals surface area contributed by atoms with Gasteiger partial charge in [0.15, 0.2) is 0 Å². The molecule has 1 aromatic carbocycles. The van der Waals surface area contributed by atoms with Crippen LogP contribution in [-0.2, 0) is 14.9 Å². The van der Waals surface area contributed by atoms with Crippen molar-refractivity contribution in [3.63, 3.8) is 0 Å². The molecule has 5 heteroatoms. The molecule has 2 atom stereocenters. The molecular weight excluding hydrogens is 321 g/mol. The standard InChI is InChI=1S/C17H21Cl2NO2/c1-11-8-13(11)16(21)20-10-17(4-6-22-7-5-17)14-3-2-12(18)9-15(14)19/h2-3,9,11,13H,4-8,10H2,1H3,(H,20,21). The lowest BCUT2D eigenvalue weighted by molar-refractivity contribution is -0.123. The normalized spacial score (nSPS) is 26.5. The number of hydrogen-bond donors (Lipinski definition) is 1. The maximum atomic E-state index is 12.2. The maximum absolute atomic E-state index is 12.2. The van der Waals surface area contributed by atoms with Gasteiger partial charge in [-0.25, -0.2) is 0 Å². The van der Waals surface area contributed by atoms with Crippen LogP contribution in [0, 0.1) is 11.8 Å². The summed E-state index contributed by atoms with van der Waals surface area (Å²) >= 11 is 12.4. The average molecular weight is 342 g/mol. The quantitative estimate of drug-likeness (QED) is 0.904. The van der Waals surface area contributed by atoms with E-state index in [1.165, 1.54) is 0 Å². The molecule has 1 N–H and O–H groups in total. The Bertz CT molecular complexity index is 570. The fourth-order valence-corrected chi connectivity index (χ4v) is 3.91. The van der Waals surface area contributed by atoms with Crippen molar-refractivity contribution in [3.8, 4) is 0 Å². The zero-order valence-electron chi connectivity index (χ0n) is 12.7. The minimum atomic E-state index is -0.159. The first-order valence-corrected chi connectivity index (χ1v) is 8.58. The van der Waals surface area contributed by atoms with Crippen LogP contribution in [0.15, 0.2) is 18.2 Å². The largest absolute Gasteiger partial charge is 0.381 e. The van der Waals surface area contributed by atoms with Crippen molar-refractivity contribution in [2.45, 2.75) is 31.6 Å². The van der Waals surface area contributed by atoms with E-state index < -0.39 is 0 Å². The summed E-state index contributed by atoms with van der Waals surface area (Å²) in [7, 11) is 0. The third kappa shape index (κ3) is 3.27. The van der Waals surface area contributed by atoms with Gasteiger partial charge in [-0.1, -0.05) is 36.2 Å². The van der Waals surface area contributed by atoms with E-state index >= 15 is 0 Å². The lowest BCUT2D eigenvalue weighted by atomic mass is 9.74. The number of nitrogens with one attached hydrogen (secondary N) is 1. The molecule has 2 fully saturated rings. The summed E-state index contributed by atoms with van der Waals surface area (Å²) in [6.07, 6.45) is 2.72. The van der Waals surface area contributed by atoms with Crippen molar-refractivity contribution in [1.82, 2.24) is 5.32 Å². The number of hydrogen-bond acceptors (Lipinski definition) is 2. The van der Waals surface area contributed by atoms with Crippen LogP contribution in [0.25, 0.3) is 0 Å². The third-order valence-electron chi connectivity index (χ3n) is 5.00. The summed E-state index contributed by atoms with van der Waals surface area (Å²) < 4.78 is 5.51. The van der Waals surface area contributed by atoms with E-state index in [9.17, 15) is 4.79 Å². The molecule has 2 unspecified atom stereocenters. The first-order valence-electron chi connectivity index (χ1n) is 7.83. The minimum Gasteiger partial charge on any atom is -0.381 e. The van der Waals surface area contributed by atoms with Crippen molar-refractivity contribution >= 4 is 29.1 Å². The van der Waals surface area contributed by atoms with Gasteiger partial charge in [-0.15, -0.1) is 0 Å². The summed E-state index contributed by atoms with van der Waals surface area (Å²) in [6, 6.07) is 5.63. The van der Waals surface area contributed by atoms with Gasteiger partial charge in [0, 0.05) is 41.1 Å². The average Bonchev–Trinajstić information content (AvgIpc) is 3.23. The topological polar surface area (TPSA) is 38.3 Å². The predicted octanol–water partition coefficient (Wildman–Crippen LogP) is 3.81. The summed E-state index contributed by atoms with van der Waals surface area (Å²) in [5.74, 6) is 0.880. The highest BCUT2D eigenvalue weighted by atomic mass is 35.5. The molecule has 3 rings (SSSR count). The summed E-state index contributed by atoms with van der Waals surface area (Å²) in [6.45, 7) is 4.10. The first-order chi connectivity index (χ1) is 10.5. The van der Waals surface area contributed by atoms with Crippen molar-refractivity contribution in [3.05, 3.63) is 33.8 Å². The maximum Gasteiger partial charge on any atom is 0.223 e. The molecule has 1 aliphatic heterocycles. The van der Waals surface area contributed by atoms with Crippen molar-refractivity contribution in [2.75, 3.05) is 19.8 Å². The van der Waals surface area contributed by atoms with Crippen LogP contribution < -0.4 is 5.32 Å². The molecule has 0 radical (unpaired) electrons. The number of halogens is 2. The number of benzene rings is 1. The van der Waals surface area contributed by atoms with Gasteiger partial charge < -0.3 is 10.1 Å². The molecule has 0 bridgehead atoms. The number of amides is 1.